The lowest BCUT2D eigenvalue weighted by molar-refractivity contribution is -0.186. The first-order valence-corrected chi connectivity index (χ1v) is 22.0. The molecule has 0 bridgehead atoms. The van der Waals surface area contributed by atoms with Crippen molar-refractivity contribution in [3.05, 3.63) is 47.6 Å². The van der Waals surface area contributed by atoms with Crippen molar-refractivity contribution in [3.63, 3.8) is 0 Å². The van der Waals surface area contributed by atoms with E-state index in [2.05, 4.69) is 0 Å². The van der Waals surface area contributed by atoms with Crippen LogP contribution in [0.5, 0.6) is 0 Å². The number of aliphatic hydroxyl groups excluding tert-OH is 2. The molecule has 6 fully saturated rings. The Morgan fingerprint density at radius 3 is 1.40 bits per heavy atom. The molecule has 8 aliphatic carbocycles. The number of aliphatic hydroxyl groups is 4. The summed E-state index contributed by atoms with van der Waals surface area (Å²) in [5.41, 5.74) is -8.56. The fourth-order valence-electron chi connectivity index (χ4n) is 16.0. The van der Waals surface area contributed by atoms with Gasteiger partial charge in [0.05, 0.1) is 24.0 Å². The Morgan fingerprint density at radius 2 is 1.05 bits per heavy atom. The molecule has 8 rings (SSSR count). The van der Waals surface area contributed by atoms with Gasteiger partial charge in [0.1, 0.15) is 11.2 Å². The average molecular weight is 831 g/mol. The second-order valence-electron chi connectivity index (χ2n) is 21.6. The summed E-state index contributed by atoms with van der Waals surface area (Å²) in [4.78, 5) is 80.3. The van der Waals surface area contributed by atoms with Gasteiger partial charge in [-0.3, -0.25) is 28.8 Å². The van der Waals surface area contributed by atoms with Crippen LogP contribution in [0.25, 0.3) is 0 Å². The number of aliphatic carboxylic acids is 2. The second kappa shape index (κ2) is 13.7. The molecule has 6 N–H and O–H groups in total. The van der Waals surface area contributed by atoms with E-state index in [4.69, 9.17) is 0 Å². The number of carbonyl (C=O) groups is 6. The third-order valence-corrected chi connectivity index (χ3v) is 18.8. The predicted octanol–water partition coefficient (Wildman–Crippen LogP) is 4.96. The summed E-state index contributed by atoms with van der Waals surface area (Å²) >= 11 is 0. The molecule has 326 valence electrons. The predicted molar refractivity (Wildman–Crippen MR) is 217 cm³/mol. The van der Waals surface area contributed by atoms with Gasteiger partial charge in [-0.05, 0) is 111 Å². The number of carbonyl (C=O) groups excluding carboxylic acids is 4. The van der Waals surface area contributed by atoms with E-state index >= 15 is 0 Å². The van der Waals surface area contributed by atoms with Crippen LogP contribution in [-0.2, 0) is 28.8 Å². The number of hydrogen-bond donors (Lipinski definition) is 6. The quantitative estimate of drug-likeness (QED) is 0.181. The van der Waals surface area contributed by atoms with Gasteiger partial charge in [-0.15, -0.1) is 0 Å². The molecule has 0 aromatic carbocycles. The van der Waals surface area contributed by atoms with Crippen molar-refractivity contribution in [2.24, 2.45) is 74.4 Å². The SMILES string of the molecule is CC1CC2C(C(O)CC3(C)C2CCC3(O)C(=O)CC(CC(=O)O)(CC(=O)C2(O)CCC3C4CC(C)C5=CC(=O)C=CC5(C)C4C(O)CC32C)C(=O)O)C2(C)C=CC(=O)C=C12. The molecular weight excluding hydrogens is 769 g/mol. The number of carboxylic acid groups (broad SMARTS) is 2. The second-order valence-corrected chi connectivity index (χ2v) is 21.6. The Bertz CT molecular complexity index is 1950. The summed E-state index contributed by atoms with van der Waals surface area (Å²) in [7, 11) is 0. The van der Waals surface area contributed by atoms with E-state index in [0.717, 1.165) is 11.1 Å². The summed E-state index contributed by atoms with van der Waals surface area (Å²) in [6.45, 7) is 11.6. The lowest BCUT2D eigenvalue weighted by Gasteiger charge is -2.61. The lowest BCUT2D eigenvalue weighted by Crippen LogP contribution is -2.63. The summed E-state index contributed by atoms with van der Waals surface area (Å²) in [6, 6.07) is 0. The zero-order valence-corrected chi connectivity index (χ0v) is 35.6. The van der Waals surface area contributed by atoms with Crippen LogP contribution in [0.1, 0.15) is 112 Å². The molecule has 16 unspecified atom stereocenters. The van der Waals surface area contributed by atoms with Gasteiger partial charge in [0.15, 0.2) is 23.1 Å². The largest absolute Gasteiger partial charge is 0.481 e. The van der Waals surface area contributed by atoms with E-state index in [1.807, 2.05) is 39.8 Å². The van der Waals surface area contributed by atoms with Crippen molar-refractivity contribution in [1.82, 2.24) is 0 Å². The molecule has 8 aliphatic rings. The molecule has 0 amide bonds. The molecule has 16 atom stereocenters. The monoisotopic (exact) mass is 830 g/mol. The maximum Gasteiger partial charge on any atom is 0.311 e. The Hall–Kier alpha value is -3.58. The lowest BCUT2D eigenvalue weighted by atomic mass is 9.44. The first-order chi connectivity index (χ1) is 27.8. The van der Waals surface area contributed by atoms with Gasteiger partial charge in [0.25, 0.3) is 0 Å². The number of carboxylic acids is 2. The third-order valence-electron chi connectivity index (χ3n) is 18.8. The van der Waals surface area contributed by atoms with Crippen molar-refractivity contribution in [2.75, 3.05) is 0 Å². The van der Waals surface area contributed by atoms with Gasteiger partial charge in [0, 0.05) is 46.3 Å². The van der Waals surface area contributed by atoms with Crippen LogP contribution in [0.15, 0.2) is 47.6 Å². The molecule has 6 saturated carbocycles. The highest BCUT2D eigenvalue weighted by Gasteiger charge is 2.71. The van der Waals surface area contributed by atoms with Crippen molar-refractivity contribution < 1.29 is 59.4 Å². The minimum atomic E-state index is -2.52. The van der Waals surface area contributed by atoms with Gasteiger partial charge in [0.2, 0.25) is 0 Å². The van der Waals surface area contributed by atoms with E-state index in [-0.39, 0.29) is 84.6 Å². The molecule has 12 nitrogen and oxygen atoms in total. The number of ketones is 4. The molecule has 0 heterocycles. The van der Waals surface area contributed by atoms with Crippen molar-refractivity contribution >= 4 is 35.1 Å². The molecule has 0 aromatic heterocycles. The number of allylic oxidation sites excluding steroid dienone is 8. The standard InChI is InChI=1S/C48H62O12/c1-24-15-28-30-9-13-47(59,44(30,5)19-34(51)39(28)42(3)11-7-26(49)17-32(24)42)36(53)21-46(41(57)58,23-38(55)56)22-37(54)48(60)14-10-31-29-16-25(2)33-18-27(50)8-12-43(33,4)40(29)35(52)20-45(31,48)6/h7-8,11-12,17-18,24-25,28-31,34-35,39-40,51-52,59-60H,9-10,13-16,19-23H2,1-6H3,(H,55,56)(H,57,58). The molecule has 0 spiro atoms. The zero-order valence-electron chi connectivity index (χ0n) is 35.6. The van der Waals surface area contributed by atoms with Crippen molar-refractivity contribution in [3.8, 4) is 0 Å². The minimum Gasteiger partial charge on any atom is -0.481 e. The molecule has 0 saturated heterocycles. The van der Waals surface area contributed by atoms with Crippen LogP contribution in [0.3, 0.4) is 0 Å². The van der Waals surface area contributed by atoms with Crippen molar-refractivity contribution in [2.45, 2.75) is 136 Å². The summed E-state index contributed by atoms with van der Waals surface area (Å²) in [6.07, 6.45) is 7.06. The fourth-order valence-corrected chi connectivity index (χ4v) is 16.0. The van der Waals surface area contributed by atoms with E-state index < -0.39 is 93.3 Å². The molecule has 0 aliphatic heterocycles. The normalized spacial score (nSPS) is 48.6. The van der Waals surface area contributed by atoms with Crippen LogP contribution >= 0.6 is 0 Å². The van der Waals surface area contributed by atoms with Gasteiger partial charge in [-0.25, -0.2) is 0 Å². The Kier molecular flexibility index (Phi) is 9.84. The molecule has 0 radical (unpaired) electrons. The topological polar surface area (TPSA) is 224 Å². The van der Waals surface area contributed by atoms with E-state index in [9.17, 15) is 59.4 Å². The first-order valence-electron chi connectivity index (χ1n) is 22.0. The zero-order chi connectivity index (χ0) is 43.9. The van der Waals surface area contributed by atoms with Crippen molar-refractivity contribution in [1.29, 1.82) is 0 Å². The van der Waals surface area contributed by atoms with E-state index in [1.165, 1.54) is 12.2 Å². The summed E-state index contributed by atoms with van der Waals surface area (Å²) in [5, 5.41) is 70.2. The van der Waals surface area contributed by atoms with Gasteiger partial charge in [-0.1, -0.05) is 64.8 Å². The Balaban J connectivity index is 1.08. The number of hydrogen-bond acceptors (Lipinski definition) is 10. The highest BCUT2D eigenvalue weighted by atomic mass is 16.4. The highest BCUT2D eigenvalue weighted by Crippen LogP contribution is 2.70. The number of Topliss-reactive ketones (excluding diaryl/α,β-unsaturated/α-hetero) is 2. The highest BCUT2D eigenvalue weighted by molar-refractivity contribution is 6.02. The molecular formula is C48H62O12. The van der Waals surface area contributed by atoms with E-state index in [0.29, 0.717) is 25.7 Å². The van der Waals surface area contributed by atoms with Crippen LogP contribution in [-0.4, -0.2) is 89.1 Å². The summed E-state index contributed by atoms with van der Waals surface area (Å²) in [5.74, 6) is -6.72. The number of fused-ring (bicyclic) bond motifs is 10. The Morgan fingerprint density at radius 1 is 0.667 bits per heavy atom. The summed E-state index contributed by atoms with van der Waals surface area (Å²) < 4.78 is 0. The first kappa shape index (κ1) is 43.1. The van der Waals surface area contributed by atoms with Gasteiger partial charge < -0.3 is 30.6 Å². The Labute approximate surface area is 351 Å². The molecule has 12 heteroatoms. The maximum atomic E-state index is 14.8. The fraction of sp³-hybridized carbons (Fsp3) is 0.708. The van der Waals surface area contributed by atoms with Gasteiger partial charge >= 0.3 is 11.9 Å². The van der Waals surface area contributed by atoms with E-state index in [1.54, 1.807) is 26.0 Å². The molecule has 0 aromatic rings. The average Bonchev–Trinajstić information content (AvgIpc) is 3.58. The van der Waals surface area contributed by atoms with Crippen LogP contribution in [0.4, 0.5) is 0 Å². The smallest absolute Gasteiger partial charge is 0.311 e. The maximum absolute atomic E-state index is 14.8. The minimum absolute atomic E-state index is 0.0157. The van der Waals surface area contributed by atoms with Crippen LogP contribution in [0.2, 0.25) is 0 Å². The van der Waals surface area contributed by atoms with Gasteiger partial charge in [-0.2, -0.15) is 0 Å². The third kappa shape index (κ3) is 5.68. The van der Waals surface area contributed by atoms with Crippen LogP contribution in [0, 0.1) is 74.4 Å². The molecule has 60 heavy (non-hydrogen) atoms. The van der Waals surface area contributed by atoms with Crippen LogP contribution < -0.4 is 0 Å². The number of rotatable bonds is 9.